The Morgan fingerprint density at radius 2 is 1.81 bits per heavy atom. The number of carbonyl (C=O) groups is 1. The van der Waals surface area contributed by atoms with Crippen molar-refractivity contribution in [2.45, 2.75) is 0 Å². The normalized spacial score (nSPS) is 10.2. The average molecular weight is 347 g/mol. The molecule has 5 heteroatoms. The van der Waals surface area contributed by atoms with E-state index in [2.05, 4.69) is 10.3 Å². The minimum absolute atomic E-state index is 0.512. The van der Waals surface area contributed by atoms with Crippen molar-refractivity contribution in [3.05, 3.63) is 78.5 Å². The summed E-state index contributed by atoms with van der Waals surface area (Å²) in [5, 5.41) is 3.40. The Morgan fingerprint density at radius 3 is 2.54 bits per heavy atom. The summed E-state index contributed by atoms with van der Waals surface area (Å²) in [7, 11) is 1.98. The summed E-state index contributed by atoms with van der Waals surface area (Å²) in [5.74, 6) is 1.60. The Morgan fingerprint density at radius 1 is 1.04 bits per heavy atom. The van der Waals surface area contributed by atoms with Crippen LogP contribution in [0.2, 0.25) is 0 Å². The van der Waals surface area contributed by atoms with Gasteiger partial charge in [0.25, 0.3) is 0 Å². The smallest absolute Gasteiger partial charge is 0.152 e. The van der Waals surface area contributed by atoms with Gasteiger partial charge >= 0.3 is 0 Å². The van der Waals surface area contributed by atoms with Crippen molar-refractivity contribution in [2.75, 3.05) is 30.4 Å². The van der Waals surface area contributed by atoms with E-state index in [0.717, 1.165) is 29.2 Å². The lowest BCUT2D eigenvalue weighted by atomic mass is 10.2. The number of aromatic nitrogens is 1. The molecule has 2 aromatic carbocycles. The summed E-state index contributed by atoms with van der Waals surface area (Å²) < 4.78 is 5.75. The summed E-state index contributed by atoms with van der Waals surface area (Å²) >= 11 is 0. The van der Waals surface area contributed by atoms with E-state index in [4.69, 9.17) is 4.74 Å². The van der Waals surface area contributed by atoms with Gasteiger partial charge in [0, 0.05) is 24.5 Å². The van der Waals surface area contributed by atoms with Crippen molar-refractivity contribution in [1.29, 1.82) is 0 Å². The summed E-state index contributed by atoms with van der Waals surface area (Å²) in [6, 6.07) is 21.0. The number of ether oxygens (including phenoxy) is 1. The highest BCUT2D eigenvalue weighted by atomic mass is 16.5. The van der Waals surface area contributed by atoms with E-state index < -0.39 is 0 Å². The molecule has 0 radical (unpaired) electrons. The van der Waals surface area contributed by atoms with Crippen LogP contribution < -0.4 is 15.0 Å². The second-order valence-corrected chi connectivity index (χ2v) is 5.82. The van der Waals surface area contributed by atoms with Gasteiger partial charge in [-0.15, -0.1) is 0 Å². The first-order chi connectivity index (χ1) is 12.8. The molecule has 3 aromatic rings. The lowest BCUT2D eigenvalue weighted by Crippen LogP contribution is -2.25. The molecular formula is C21H21N3O2. The third-order valence-corrected chi connectivity index (χ3v) is 3.91. The first-order valence-electron chi connectivity index (χ1n) is 8.42. The minimum Gasteiger partial charge on any atom is -0.492 e. The standard InChI is InChI=1S/C21H21N3O2/c1-24(14-15-26-19-11-9-17(16-25)10-12-19)21-20(8-5-13-22-21)23-18-6-3-2-4-7-18/h2-13,16,23H,14-15H2,1H3. The van der Waals surface area contributed by atoms with Crippen molar-refractivity contribution in [3.63, 3.8) is 0 Å². The van der Waals surface area contributed by atoms with Gasteiger partial charge in [0.1, 0.15) is 18.6 Å². The molecule has 0 aliphatic heterocycles. The third-order valence-electron chi connectivity index (χ3n) is 3.91. The fourth-order valence-corrected chi connectivity index (χ4v) is 2.52. The summed E-state index contributed by atoms with van der Waals surface area (Å²) in [5.41, 5.74) is 2.60. The molecule has 0 atom stereocenters. The minimum atomic E-state index is 0.512. The third kappa shape index (κ3) is 4.60. The second kappa shape index (κ2) is 8.67. The summed E-state index contributed by atoms with van der Waals surface area (Å²) in [4.78, 5) is 17.2. The van der Waals surface area contributed by atoms with Gasteiger partial charge in [-0.25, -0.2) is 4.98 Å². The van der Waals surface area contributed by atoms with Crippen LogP contribution in [0.3, 0.4) is 0 Å². The molecule has 0 spiro atoms. The molecular weight excluding hydrogens is 326 g/mol. The number of benzene rings is 2. The number of nitrogens with zero attached hydrogens (tertiary/aromatic N) is 2. The lowest BCUT2D eigenvalue weighted by molar-refractivity contribution is 0.112. The Hall–Kier alpha value is -3.34. The van der Waals surface area contributed by atoms with Crippen molar-refractivity contribution < 1.29 is 9.53 Å². The van der Waals surface area contributed by atoms with E-state index in [0.29, 0.717) is 18.7 Å². The zero-order valence-corrected chi connectivity index (χ0v) is 14.6. The zero-order valence-electron chi connectivity index (χ0n) is 14.6. The highest BCUT2D eigenvalue weighted by Crippen LogP contribution is 2.25. The van der Waals surface area contributed by atoms with Crippen LogP contribution in [0.5, 0.6) is 5.75 Å². The molecule has 26 heavy (non-hydrogen) atoms. The number of nitrogens with one attached hydrogen (secondary N) is 1. The van der Waals surface area contributed by atoms with Gasteiger partial charge in [-0.3, -0.25) is 4.79 Å². The van der Waals surface area contributed by atoms with Gasteiger partial charge < -0.3 is 15.0 Å². The summed E-state index contributed by atoms with van der Waals surface area (Å²) in [6.45, 7) is 1.19. The molecule has 0 bridgehead atoms. The van der Waals surface area contributed by atoms with E-state index in [9.17, 15) is 4.79 Å². The predicted octanol–water partition coefficient (Wildman–Crippen LogP) is 4.15. The van der Waals surface area contributed by atoms with E-state index in [1.165, 1.54) is 0 Å². The van der Waals surface area contributed by atoms with Gasteiger partial charge in [-0.1, -0.05) is 18.2 Å². The highest BCUT2D eigenvalue weighted by molar-refractivity contribution is 5.74. The van der Waals surface area contributed by atoms with E-state index in [-0.39, 0.29) is 0 Å². The maximum absolute atomic E-state index is 10.7. The molecule has 5 nitrogen and oxygen atoms in total. The van der Waals surface area contributed by atoms with Gasteiger partial charge in [0.05, 0.1) is 12.2 Å². The fraction of sp³-hybridized carbons (Fsp3) is 0.143. The molecule has 0 unspecified atom stereocenters. The van der Waals surface area contributed by atoms with Crippen LogP contribution in [0.25, 0.3) is 0 Å². The Kier molecular flexibility index (Phi) is 5.83. The number of rotatable bonds is 8. The number of hydrogen-bond acceptors (Lipinski definition) is 5. The highest BCUT2D eigenvalue weighted by Gasteiger charge is 2.09. The lowest BCUT2D eigenvalue weighted by Gasteiger charge is -2.21. The van der Waals surface area contributed by atoms with Gasteiger partial charge in [0.2, 0.25) is 0 Å². The quantitative estimate of drug-likeness (QED) is 0.620. The molecule has 1 N–H and O–H groups in total. The first kappa shape index (κ1) is 17.5. The van der Waals surface area contributed by atoms with E-state index in [1.54, 1.807) is 30.5 Å². The van der Waals surface area contributed by atoms with Crippen LogP contribution >= 0.6 is 0 Å². The molecule has 0 fully saturated rings. The van der Waals surface area contributed by atoms with Gasteiger partial charge in [0.15, 0.2) is 5.82 Å². The van der Waals surface area contributed by atoms with Gasteiger partial charge in [-0.05, 0) is 48.5 Å². The number of anilines is 3. The van der Waals surface area contributed by atoms with Crippen LogP contribution in [0.15, 0.2) is 72.9 Å². The van der Waals surface area contributed by atoms with Crippen LogP contribution in [-0.2, 0) is 0 Å². The summed E-state index contributed by atoms with van der Waals surface area (Å²) in [6.07, 6.45) is 2.60. The van der Waals surface area contributed by atoms with Crippen LogP contribution in [0.1, 0.15) is 10.4 Å². The average Bonchev–Trinajstić information content (AvgIpc) is 2.69. The van der Waals surface area contributed by atoms with Crippen molar-refractivity contribution in [1.82, 2.24) is 4.98 Å². The second-order valence-electron chi connectivity index (χ2n) is 5.82. The molecule has 3 rings (SSSR count). The van der Waals surface area contributed by atoms with Crippen molar-refractivity contribution in [3.8, 4) is 5.75 Å². The number of para-hydroxylation sites is 1. The topological polar surface area (TPSA) is 54.5 Å². The van der Waals surface area contributed by atoms with Crippen LogP contribution in [0, 0.1) is 0 Å². The molecule has 132 valence electrons. The molecule has 0 saturated carbocycles. The van der Waals surface area contributed by atoms with E-state index >= 15 is 0 Å². The SMILES string of the molecule is CN(CCOc1ccc(C=O)cc1)c1ncccc1Nc1ccccc1. The number of hydrogen-bond donors (Lipinski definition) is 1. The Labute approximate surface area is 153 Å². The van der Waals surface area contributed by atoms with Crippen molar-refractivity contribution >= 4 is 23.5 Å². The molecule has 0 aliphatic rings. The molecule has 0 saturated heterocycles. The Bertz CT molecular complexity index is 835. The fourth-order valence-electron chi connectivity index (χ4n) is 2.52. The Balaban J connectivity index is 1.60. The maximum atomic E-state index is 10.7. The molecule has 1 aromatic heterocycles. The predicted molar refractivity (Wildman–Crippen MR) is 105 cm³/mol. The first-order valence-corrected chi connectivity index (χ1v) is 8.42. The zero-order chi connectivity index (χ0) is 18.2. The van der Waals surface area contributed by atoms with Gasteiger partial charge in [-0.2, -0.15) is 0 Å². The van der Waals surface area contributed by atoms with Crippen LogP contribution in [0.4, 0.5) is 17.2 Å². The van der Waals surface area contributed by atoms with E-state index in [1.807, 2.05) is 54.4 Å². The van der Waals surface area contributed by atoms with Crippen LogP contribution in [-0.4, -0.2) is 31.5 Å². The molecule has 1 heterocycles. The number of pyridine rings is 1. The monoisotopic (exact) mass is 347 g/mol. The largest absolute Gasteiger partial charge is 0.492 e. The number of likely N-dealkylation sites (N-methyl/N-ethyl adjacent to an activating group) is 1. The van der Waals surface area contributed by atoms with Crippen molar-refractivity contribution in [2.24, 2.45) is 0 Å². The maximum Gasteiger partial charge on any atom is 0.152 e. The molecule has 0 aliphatic carbocycles. The molecule has 0 amide bonds. The number of carbonyl (C=O) groups excluding carboxylic acids is 1. The number of aldehydes is 1.